The van der Waals surface area contributed by atoms with Gasteiger partial charge in [-0.15, -0.1) is 0 Å². The molecule has 0 radical (unpaired) electrons. The summed E-state index contributed by atoms with van der Waals surface area (Å²) < 4.78 is 0. The van der Waals surface area contributed by atoms with Crippen LogP contribution in [0.3, 0.4) is 0 Å². The van der Waals surface area contributed by atoms with E-state index in [4.69, 9.17) is 0 Å². The second-order valence-corrected chi connectivity index (χ2v) is 7.41. The maximum absolute atomic E-state index is 11.7. The van der Waals surface area contributed by atoms with Crippen LogP contribution in [-0.4, -0.2) is 42.5 Å². The van der Waals surface area contributed by atoms with Crippen LogP contribution in [0.25, 0.3) is 0 Å². The van der Waals surface area contributed by atoms with E-state index in [0.717, 1.165) is 12.8 Å². The molecule has 138 valence electrons. The molecule has 1 aliphatic carbocycles. The molecule has 0 bridgehead atoms. The van der Waals surface area contributed by atoms with Gasteiger partial charge in [-0.25, -0.2) is 4.79 Å². The number of nitrogens with one attached hydrogen (secondary N) is 4. The Morgan fingerprint density at radius 1 is 0.958 bits per heavy atom. The molecule has 0 saturated heterocycles. The van der Waals surface area contributed by atoms with Gasteiger partial charge in [0, 0.05) is 24.5 Å². The lowest BCUT2D eigenvalue weighted by Gasteiger charge is -2.22. The van der Waals surface area contributed by atoms with Crippen LogP contribution in [-0.2, 0) is 9.59 Å². The van der Waals surface area contributed by atoms with E-state index in [0.29, 0.717) is 13.0 Å². The molecule has 1 rings (SSSR count). The first-order valence-corrected chi connectivity index (χ1v) is 8.88. The van der Waals surface area contributed by atoms with Crippen molar-refractivity contribution in [1.82, 2.24) is 21.3 Å². The molecular formula is C17H32N4O3. The number of urea groups is 1. The normalized spacial score (nSPS) is 15.5. The Labute approximate surface area is 144 Å². The summed E-state index contributed by atoms with van der Waals surface area (Å²) in [5.74, 6) is -0.394. The molecule has 7 heteroatoms. The summed E-state index contributed by atoms with van der Waals surface area (Å²) in [5, 5.41) is 11.1. The molecular weight excluding hydrogens is 308 g/mol. The van der Waals surface area contributed by atoms with Crippen LogP contribution in [0, 0.1) is 0 Å². The highest BCUT2D eigenvalue weighted by Crippen LogP contribution is 2.17. The summed E-state index contributed by atoms with van der Waals surface area (Å²) in [4.78, 5) is 35.0. The summed E-state index contributed by atoms with van der Waals surface area (Å²) >= 11 is 0. The Morgan fingerprint density at radius 2 is 1.62 bits per heavy atom. The van der Waals surface area contributed by atoms with Gasteiger partial charge in [-0.3, -0.25) is 9.59 Å². The summed E-state index contributed by atoms with van der Waals surface area (Å²) in [6.07, 6.45) is 6.53. The van der Waals surface area contributed by atoms with Gasteiger partial charge in [0.2, 0.25) is 11.8 Å². The van der Waals surface area contributed by atoms with E-state index in [2.05, 4.69) is 21.3 Å². The third-order valence-corrected chi connectivity index (χ3v) is 3.77. The van der Waals surface area contributed by atoms with Gasteiger partial charge in [-0.1, -0.05) is 19.3 Å². The zero-order chi connectivity index (χ0) is 18.0. The Bertz CT molecular complexity index is 426. The third kappa shape index (κ3) is 10.1. The Morgan fingerprint density at radius 3 is 2.25 bits per heavy atom. The standard InChI is InChI=1S/C17H32N4O3/c1-17(2,3)21-15(23)12-19-14(22)10-7-11-18-16(24)20-13-8-5-4-6-9-13/h13H,4-12H2,1-3H3,(H,19,22)(H,21,23)(H2,18,20,24). The highest BCUT2D eigenvalue weighted by atomic mass is 16.2. The molecule has 0 atom stereocenters. The predicted molar refractivity (Wildman–Crippen MR) is 93.5 cm³/mol. The van der Waals surface area contributed by atoms with Crippen molar-refractivity contribution in [3.63, 3.8) is 0 Å². The second-order valence-electron chi connectivity index (χ2n) is 7.41. The van der Waals surface area contributed by atoms with E-state index < -0.39 is 0 Å². The minimum absolute atomic E-state index is 0.0221. The van der Waals surface area contributed by atoms with Gasteiger partial charge in [-0.2, -0.15) is 0 Å². The van der Waals surface area contributed by atoms with Crippen molar-refractivity contribution < 1.29 is 14.4 Å². The maximum atomic E-state index is 11.7. The lowest BCUT2D eigenvalue weighted by molar-refractivity contribution is -0.126. The predicted octanol–water partition coefficient (Wildman–Crippen LogP) is 1.43. The summed E-state index contributed by atoms with van der Waals surface area (Å²) in [5.41, 5.74) is -0.308. The third-order valence-electron chi connectivity index (χ3n) is 3.77. The molecule has 0 spiro atoms. The first kappa shape index (κ1) is 20.3. The second kappa shape index (κ2) is 10.2. The number of carbonyl (C=O) groups is 3. The minimum atomic E-state index is -0.308. The summed E-state index contributed by atoms with van der Waals surface area (Å²) in [6, 6.07) is 0.121. The molecule has 4 N–H and O–H groups in total. The Kier molecular flexibility index (Phi) is 8.57. The van der Waals surface area contributed by atoms with Crippen LogP contribution in [0.1, 0.15) is 65.7 Å². The van der Waals surface area contributed by atoms with Crippen molar-refractivity contribution in [2.75, 3.05) is 13.1 Å². The van der Waals surface area contributed by atoms with Crippen LogP contribution >= 0.6 is 0 Å². The molecule has 7 nitrogen and oxygen atoms in total. The van der Waals surface area contributed by atoms with Gasteiger partial charge < -0.3 is 21.3 Å². The van der Waals surface area contributed by atoms with E-state index in [-0.39, 0.29) is 42.4 Å². The first-order chi connectivity index (χ1) is 11.3. The molecule has 0 aromatic carbocycles. The lowest BCUT2D eigenvalue weighted by Crippen LogP contribution is -2.46. The quantitative estimate of drug-likeness (QED) is 0.528. The van der Waals surface area contributed by atoms with Crippen LogP contribution < -0.4 is 21.3 Å². The maximum Gasteiger partial charge on any atom is 0.315 e. The van der Waals surface area contributed by atoms with Crippen LogP contribution in [0.15, 0.2) is 0 Å². The van der Waals surface area contributed by atoms with E-state index in [9.17, 15) is 14.4 Å². The van der Waals surface area contributed by atoms with Crippen molar-refractivity contribution in [2.24, 2.45) is 0 Å². The van der Waals surface area contributed by atoms with E-state index in [1.54, 1.807) is 0 Å². The van der Waals surface area contributed by atoms with Gasteiger partial charge in [0.25, 0.3) is 0 Å². The van der Waals surface area contributed by atoms with Gasteiger partial charge in [0.15, 0.2) is 0 Å². The highest BCUT2D eigenvalue weighted by Gasteiger charge is 2.16. The Balaban J connectivity index is 2.04. The molecule has 0 aliphatic heterocycles. The molecule has 0 aromatic heterocycles. The van der Waals surface area contributed by atoms with E-state index >= 15 is 0 Å². The molecule has 1 aliphatic rings. The number of hydrogen-bond donors (Lipinski definition) is 4. The van der Waals surface area contributed by atoms with Crippen LogP contribution in [0.4, 0.5) is 4.79 Å². The lowest BCUT2D eigenvalue weighted by atomic mass is 9.96. The SMILES string of the molecule is CC(C)(C)NC(=O)CNC(=O)CCCNC(=O)NC1CCCCC1. The fourth-order valence-corrected chi connectivity index (χ4v) is 2.66. The van der Waals surface area contributed by atoms with Gasteiger partial charge in [0.1, 0.15) is 0 Å². The smallest absolute Gasteiger partial charge is 0.315 e. The highest BCUT2D eigenvalue weighted by molar-refractivity contribution is 5.85. The van der Waals surface area contributed by atoms with Gasteiger partial charge >= 0.3 is 6.03 Å². The van der Waals surface area contributed by atoms with E-state index in [1.807, 2.05) is 20.8 Å². The van der Waals surface area contributed by atoms with E-state index in [1.165, 1.54) is 19.3 Å². The summed E-state index contributed by atoms with van der Waals surface area (Å²) in [6.45, 7) is 6.08. The molecule has 4 amide bonds. The number of hydrogen-bond acceptors (Lipinski definition) is 3. The molecule has 24 heavy (non-hydrogen) atoms. The number of carbonyl (C=O) groups excluding carboxylic acids is 3. The zero-order valence-electron chi connectivity index (χ0n) is 15.2. The fraction of sp³-hybridized carbons (Fsp3) is 0.824. The topological polar surface area (TPSA) is 99.3 Å². The average molecular weight is 340 g/mol. The molecule has 0 heterocycles. The molecule has 1 saturated carbocycles. The van der Waals surface area contributed by atoms with Crippen molar-refractivity contribution in [3.8, 4) is 0 Å². The fourth-order valence-electron chi connectivity index (χ4n) is 2.66. The number of amides is 4. The van der Waals surface area contributed by atoms with Crippen molar-refractivity contribution in [1.29, 1.82) is 0 Å². The minimum Gasteiger partial charge on any atom is -0.350 e. The molecule has 0 unspecified atom stereocenters. The zero-order valence-corrected chi connectivity index (χ0v) is 15.2. The van der Waals surface area contributed by atoms with Gasteiger partial charge in [0.05, 0.1) is 6.54 Å². The van der Waals surface area contributed by atoms with Crippen LogP contribution in [0.2, 0.25) is 0 Å². The number of rotatable bonds is 7. The molecule has 0 aromatic rings. The van der Waals surface area contributed by atoms with Crippen molar-refractivity contribution in [2.45, 2.75) is 77.3 Å². The van der Waals surface area contributed by atoms with Crippen LogP contribution in [0.5, 0.6) is 0 Å². The monoisotopic (exact) mass is 340 g/mol. The summed E-state index contributed by atoms with van der Waals surface area (Å²) in [7, 11) is 0. The van der Waals surface area contributed by atoms with Crippen molar-refractivity contribution in [3.05, 3.63) is 0 Å². The molecule has 1 fully saturated rings. The Hall–Kier alpha value is -1.79. The van der Waals surface area contributed by atoms with Crippen molar-refractivity contribution >= 4 is 17.8 Å². The average Bonchev–Trinajstić information content (AvgIpc) is 2.49. The largest absolute Gasteiger partial charge is 0.350 e. The first-order valence-electron chi connectivity index (χ1n) is 8.88. The van der Waals surface area contributed by atoms with Gasteiger partial charge in [-0.05, 0) is 40.0 Å².